The zero-order chi connectivity index (χ0) is 17.5. The predicted molar refractivity (Wildman–Crippen MR) is 98.0 cm³/mol. The quantitative estimate of drug-likeness (QED) is 0.830. The van der Waals surface area contributed by atoms with Crippen molar-refractivity contribution in [1.29, 1.82) is 0 Å². The molecule has 2 N–H and O–H groups in total. The maximum Gasteiger partial charge on any atom is 0.221 e. The van der Waals surface area contributed by atoms with Crippen LogP contribution >= 0.6 is 0 Å². The van der Waals surface area contributed by atoms with Gasteiger partial charge in [0.1, 0.15) is 5.75 Å². The summed E-state index contributed by atoms with van der Waals surface area (Å²) in [5.41, 5.74) is 1.36. The van der Waals surface area contributed by atoms with Crippen molar-refractivity contribution in [1.82, 2.24) is 10.6 Å². The average Bonchev–Trinajstić information content (AvgIpc) is 2.68. The van der Waals surface area contributed by atoms with Gasteiger partial charge in [-0.15, -0.1) is 0 Å². The fraction of sp³-hybridized carbons (Fsp3) is 0.650. The SMILES string of the molecule is COc1ccc(C2(CNC(=O)CC3COCCN3)CCCCC2)cc1. The molecule has 1 aromatic carbocycles. The molecule has 1 atom stereocenters. The monoisotopic (exact) mass is 346 g/mol. The Labute approximate surface area is 150 Å². The highest BCUT2D eigenvalue weighted by Gasteiger charge is 2.34. The molecule has 1 saturated heterocycles. The molecule has 1 saturated carbocycles. The number of hydrogen-bond acceptors (Lipinski definition) is 4. The lowest BCUT2D eigenvalue weighted by Gasteiger charge is -2.38. The van der Waals surface area contributed by atoms with Crippen LogP contribution in [0.1, 0.15) is 44.1 Å². The molecule has 1 aliphatic heterocycles. The van der Waals surface area contributed by atoms with Crippen LogP contribution in [0.4, 0.5) is 0 Å². The van der Waals surface area contributed by atoms with Gasteiger partial charge < -0.3 is 20.1 Å². The summed E-state index contributed by atoms with van der Waals surface area (Å²) in [4.78, 5) is 12.4. The first-order valence-electron chi connectivity index (χ1n) is 9.44. The van der Waals surface area contributed by atoms with Crippen molar-refractivity contribution in [3.63, 3.8) is 0 Å². The minimum atomic E-state index is 0.0523. The molecular formula is C20H30N2O3. The van der Waals surface area contributed by atoms with Gasteiger partial charge >= 0.3 is 0 Å². The van der Waals surface area contributed by atoms with Crippen LogP contribution in [-0.2, 0) is 14.9 Å². The van der Waals surface area contributed by atoms with Crippen molar-refractivity contribution in [2.24, 2.45) is 0 Å². The van der Waals surface area contributed by atoms with Crippen molar-refractivity contribution in [3.8, 4) is 5.75 Å². The summed E-state index contributed by atoms with van der Waals surface area (Å²) < 4.78 is 10.7. The molecule has 138 valence electrons. The van der Waals surface area contributed by atoms with Crippen LogP contribution in [0.2, 0.25) is 0 Å². The van der Waals surface area contributed by atoms with Gasteiger partial charge in [0.2, 0.25) is 5.91 Å². The van der Waals surface area contributed by atoms with Gasteiger partial charge in [0, 0.05) is 31.0 Å². The molecular weight excluding hydrogens is 316 g/mol. The molecule has 1 amide bonds. The van der Waals surface area contributed by atoms with Crippen molar-refractivity contribution in [2.45, 2.75) is 50.0 Å². The van der Waals surface area contributed by atoms with Gasteiger partial charge in [0.05, 0.1) is 20.3 Å². The normalized spacial score (nSPS) is 23.0. The van der Waals surface area contributed by atoms with E-state index in [2.05, 4.69) is 22.8 Å². The second-order valence-corrected chi connectivity index (χ2v) is 7.28. The number of carbonyl (C=O) groups excluding carboxylic acids is 1. The lowest BCUT2D eigenvalue weighted by atomic mass is 9.69. The van der Waals surface area contributed by atoms with E-state index in [9.17, 15) is 4.79 Å². The van der Waals surface area contributed by atoms with E-state index in [0.29, 0.717) is 19.6 Å². The summed E-state index contributed by atoms with van der Waals surface area (Å²) in [6, 6.07) is 8.50. The number of hydrogen-bond donors (Lipinski definition) is 2. The van der Waals surface area contributed by atoms with E-state index in [0.717, 1.165) is 31.7 Å². The number of morpholine rings is 1. The lowest BCUT2D eigenvalue weighted by Crippen LogP contribution is -2.47. The molecule has 5 nitrogen and oxygen atoms in total. The minimum Gasteiger partial charge on any atom is -0.497 e. The number of nitrogens with one attached hydrogen (secondary N) is 2. The molecule has 3 rings (SSSR count). The van der Waals surface area contributed by atoms with Gasteiger partial charge in [-0.3, -0.25) is 4.79 Å². The van der Waals surface area contributed by atoms with Crippen LogP contribution < -0.4 is 15.4 Å². The van der Waals surface area contributed by atoms with Gasteiger partial charge in [0.25, 0.3) is 0 Å². The molecule has 0 bridgehead atoms. The third kappa shape index (κ3) is 4.73. The molecule has 0 aromatic heterocycles. The highest BCUT2D eigenvalue weighted by Crippen LogP contribution is 2.39. The van der Waals surface area contributed by atoms with E-state index in [-0.39, 0.29) is 17.4 Å². The van der Waals surface area contributed by atoms with Crippen LogP contribution in [0.15, 0.2) is 24.3 Å². The Morgan fingerprint density at radius 2 is 2.04 bits per heavy atom. The average molecular weight is 346 g/mol. The second kappa shape index (κ2) is 8.68. The van der Waals surface area contributed by atoms with E-state index in [1.807, 2.05) is 12.1 Å². The number of benzene rings is 1. The number of methoxy groups -OCH3 is 1. The zero-order valence-electron chi connectivity index (χ0n) is 15.2. The molecule has 2 fully saturated rings. The van der Waals surface area contributed by atoms with Crippen molar-refractivity contribution in [3.05, 3.63) is 29.8 Å². The number of amides is 1. The van der Waals surface area contributed by atoms with Crippen LogP contribution in [0.5, 0.6) is 5.75 Å². The largest absolute Gasteiger partial charge is 0.497 e. The Hall–Kier alpha value is -1.59. The Balaban J connectivity index is 1.62. The molecule has 2 aliphatic rings. The third-order valence-electron chi connectivity index (χ3n) is 5.57. The van der Waals surface area contributed by atoms with E-state index >= 15 is 0 Å². The molecule has 1 aliphatic carbocycles. The molecule has 0 radical (unpaired) electrons. The fourth-order valence-electron chi connectivity index (χ4n) is 4.06. The Morgan fingerprint density at radius 3 is 2.68 bits per heavy atom. The Morgan fingerprint density at radius 1 is 1.28 bits per heavy atom. The summed E-state index contributed by atoms with van der Waals surface area (Å²) in [6.45, 7) is 2.90. The third-order valence-corrected chi connectivity index (χ3v) is 5.57. The van der Waals surface area contributed by atoms with Crippen molar-refractivity contribution < 1.29 is 14.3 Å². The van der Waals surface area contributed by atoms with Crippen LogP contribution in [0.25, 0.3) is 0 Å². The first-order chi connectivity index (χ1) is 12.2. The summed E-state index contributed by atoms with van der Waals surface area (Å²) in [5, 5.41) is 6.54. The highest BCUT2D eigenvalue weighted by atomic mass is 16.5. The number of ether oxygens (including phenoxy) is 2. The van der Waals surface area contributed by atoms with E-state index in [1.54, 1.807) is 7.11 Å². The van der Waals surface area contributed by atoms with Crippen LogP contribution in [0.3, 0.4) is 0 Å². The smallest absolute Gasteiger partial charge is 0.221 e. The highest BCUT2D eigenvalue weighted by molar-refractivity contribution is 5.76. The first kappa shape index (κ1) is 18.2. The van der Waals surface area contributed by atoms with Gasteiger partial charge in [-0.2, -0.15) is 0 Å². The summed E-state index contributed by atoms with van der Waals surface area (Å²) in [7, 11) is 1.69. The topological polar surface area (TPSA) is 59.6 Å². The summed E-state index contributed by atoms with van der Waals surface area (Å²) >= 11 is 0. The van der Waals surface area contributed by atoms with E-state index in [1.165, 1.54) is 24.8 Å². The van der Waals surface area contributed by atoms with Gasteiger partial charge in [-0.05, 0) is 30.5 Å². The molecule has 1 aromatic rings. The summed E-state index contributed by atoms with van der Waals surface area (Å²) in [6.07, 6.45) is 6.47. The molecule has 25 heavy (non-hydrogen) atoms. The van der Waals surface area contributed by atoms with E-state index in [4.69, 9.17) is 9.47 Å². The van der Waals surface area contributed by atoms with Crippen molar-refractivity contribution >= 4 is 5.91 Å². The summed E-state index contributed by atoms with van der Waals surface area (Å²) in [5.74, 6) is 0.989. The first-order valence-corrected chi connectivity index (χ1v) is 9.44. The van der Waals surface area contributed by atoms with Gasteiger partial charge in [-0.1, -0.05) is 31.4 Å². The zero-order valence-corrected chi connectivity index (χ0v) is 15.2. The number of rotatable bonds is 6. The predicted octanol–water partition coefficient (Wildman–Crippen LogP) is 2.39. The van der Waals surface area contributed by atoms with Gasteiger partial charge in [-0.25, -0.2) is 0 Å². The maximum absolute atomic E-state index is 12.4. The van der Waals surface area contributed by atoms with Gasteiger partial charge in [0.15, 0.2) is 0 Å². The van der Waals surface area contributed by atoms with E-state index < -0.39 is 0 Å². The molecule has 1 unspecified atom stereocenters. The molecule has 5 heteroatoms. The molecule has 1 heterocycles. The van der Waals surface area contributed by atoms with Crippen molar-refractivity contribution in [2.75, 3.05) is 33.4 Å². The molecule has 0 spiro atoms. The van der Waals surface area contributed by atoms with Crippen LogP contribution in [0, 0.1) is 0 Å². The lowest BCUT2D eigenvalue weighted by molar-refractivity contribution is -0.122. The second-order valence-electron chi connectivity index (χ2n) is 7.28. The van der Waals surface area contributed by atoms with Crippen LogP contribution in [-0.4, -0.2) is 45.4 Å². The Kier molecular flexibility index (Phi) is 6.32. The standard InChI is InChI=1S/C20H30N2O3/c1-24-18-7-5-16(6-8-18)20(9-3-2-4-10-20)15-22-19(23)13-17-14-25-12-11-21-17/h5-8,17,21H,2-4,9-15H2,1H3,(H,22,23). The fourth-order valence-corrected chi connectivity index (χ4v) is 4.06. The minimum absolute atomic E-state index is 0.0523. The number of carbonyl (C=O) groups is 1. The Bertz CT molecular complexity index is 547. The maximum atomic E-state index is 12.4.